The summed E-state index contributed by atoms with van der Waals surface area (Å²) < 4.78 is 5.62. The van der Waals surface area contributed by atoms with Crippen LogP contribution in [0.1, 0.15) is 52.9 Å². The monoisotopic (exact) mass is 325 g/mol. The largest absolute Gasteiger partial charge is 0.368 e. The molecule has 1 amide bonds. The number of ether oxygens (including phenoxy) is 1. The summed E-state index contributed by atoms with van der Waals surface area (Å²) in [5, 5.41) is 6.48. The Hall–Kier alpha value is -0.650. The molecule has 2 fully saturated rings. The summed E-state index contributed by atoms with van der Waals surface area (Å²) in [6.07, 6.45) is 5.35. The van der Waals surface area contributed by atoms with Crippen LogP contribution < -0.4 is 10.6 Å². The maximum Gasteiger partial charge on any atom is 0.252 e. The van der Waals surface area contributed by atoms with Gasteiger partial charge >= 0.3 is 0 Å². The van der Waals surface area contributed by atoms with Crippen molar-refractivity contribution in [3.63, 3.8) is 0 Å². The van der Waals surface area contributed by atoms with E-state index in [0.29, 0.717) is 6.54 Å². The lowest BCUT2D eigenvalue weighted by Gasteiger charge is -2.44. The SMILES string of the molecule is CCC1CCCN(C(C)(C)CNC(=O)C2(OC)CCNCC2)C1. The second-order valence-electron chi connectivity index (χ2n) is 7.81. The molecule has 1 atom stereocenters. The van der Waals surface area contributed by atoms with Crippen LogP contribution in [0.15, 0.2) is 0 Å². The Kier molecular flexibility index (Phi) is 6.46. The van der Waals surface area contributed by atoms with Crippen molar-refractivity contribution in [2.75, 3.05) is 39.8 Å². The zero-order valence-electron chi connectivity index (χ0n) is 15.4. The van der Waals surface area contributed by atoms with Crippen LogP contribution in [0, 0.1) is 5.92 Å². The van der Waals surface area contributed by atoms with Crippen molar-refractivity contribution in [2.45, 2.75) is 64.0 Å². The number of hydrogen-bond donors (Lipinski definition) is 2. The van der Waals surface area contributed by atoms with E-state index in [1.54, 1.807) is 7.11 Å². The van der Waals surface area contributed by atoms with Crippen molar-refractivity contribution in [3.05, 3.63) is 0 Å². The fourth-order valence-electron chi connectivity index (χ4n) is 3.87. The van der Waals surface area contributed by atoms with Gasteiger partial charge in [0.25, 0.3) is 5.91 Å². The van der Waals surface area contributed by atoms with Crippen molar-refractivity contribution >= 4 is 5.91 Å². The molecule has 0 aromatic carbocycles. The summed E-state index contributed by atoms with van der Waals surface area (Å²) in [6, 6.07) is 0. The average Bonchev–Trinajstić information content (AvgIpc) is 2.60. The Morgan fingerprint density at radius 3 is 2.70 bits per heavy atom. The van der Waals surface area contributed by atoms with E-state index in [2.05, 4.69) is 36.3 Å². The van der Waals surface area contributed by atoms with Crippen molar-refractivity contribution in [3.8, 4) is 0 Å². The first-order valence-electron chi connectivity index (χ1n) is 9.23. The van der Waals surface area contributed by atoms with E-state index in [0.717, 1.165) is 44.9 Å². The van der Waals surface area contributed by atoms with Crippen molar-refractivity contribution < 1.29 is 9.53 Å². The maximum atomic E-state index is 12.7. The summed E-state index contributed by atoms with van der Waals surface area (Å²) in [4.78, 5) is 15.3. The second kappa shape index (κ2) is 7.95. The first kappa shape index (κ1) is 18.7. The normalized spacial score (nSPS) is 26.0. The quantitative estimate of drug-likeness (QED) is 0.781. The van der Waals surface area contributed by atoms with Gasteiger partial charge in [0.15, 0.2) is 0 Å². The minimum atomic E-state index is -0.644. The molecule has 5 heteroatoms. The van der Waals surface area contributed by atoms with Crippen LogP contribution in [0.5, 0.6) is 0 Å². The van der Waals surface area contributed by atoms with Crippen molar-refractivity contribution in [1.82, 2.24) is 15.5 Å². The topological polar surface area (TPSA) is 53.6 Å². The molecule has 2 rings (SSSR count). The standard InChI is InChI=1S/C18H35N3O2/c1-5-15-7-6-12-21(13-15)17(2,3)14-20-16(22)18(23-4)8-10-19-11-9-18/h15,19H,5-14H2,1-4H3,(H,20,22). The van der Waals surface area contributed by atoms with E-state index in [4.69, 9.17) is 4.74 Å². The maximum absolute atomic E-state index is 12.7. The number of carbonyl (C=O) groups is 1. The van der Waals surface area contributed by atoms with Crippen LogP contribution in [0.25, 0.3) is 0 Å². The summed E-state index contributed by atoms with van der Waals surface area (Å²) in [7, 11) is 1.66. The molecule has 0 radical (unpaired) electrons. The van der Waals surface area contributed by atoms with Crippen LogP contribution in [-0.4, -0.2) is 61.8 Å². The minimum absolute atomic E-state index is 0.00858. The van der Waals surface area contributed by atoms with E-state index in [1.165, 1.54) is 19.3 Å². The molecule has 0 spiro atoms. The number of piperidine rings is 2. The lowest BCUT2D eigenvalue weighted by Crippen LogP contribution is -2.59. The molecule has 2 saturated heterocycles. The van der Waals surface area contributed by atoms with Crippen LogP contribution >= 0.6 is 0 Å². The highest BCUT2D eigenvalue weighted by atomic mass is 16.5. The zero-order valence-corrected chi connectivity index (χ0v) is 15.4. The third kappa shape index (κ3) is 4.46. The van der Waals surface area contributed by atoms with Crippen molar-refractivity contribution in [2.24, 2.45) is 5.92 Å². The van der Waals surface area contributed by atoms with E-state index in [1.807, 2.05) is 0 Å². The Bertz CT molecular complexity index is 392. The lowest BCUT2D eigenvalue weighted by molar-refractivity contribution is -0.147. The van der Waals surface area contributed by atoms with E-state index < -0.39 is 5.60 Å². The van der Waals surface area contributed by atoms with Gasteiger partial charge in [-0.15, -0.1) is 0 Å². The molecule has 2 N–H and O–H groups in total. The molecule has 2 aliphatic rings. The predicted octanol–water partition coefficient (Wildman–Crippen LogP) is 1.77. The minimum Gasteiger partial charge on any atom is -0.368 e. The first-order chi connectivity index (χ1) is 10.9. The van der Waals surface area contributed by atoms with Gasteiger partial charge in [-0.3, -0.25) is 9.69 Å². The molecule has 0 saturated carbocycles. The number of likely N-dealkylation sites (tertiary alicyclic amines) is 1. The van der Waals surface area contributed by atoms with Gasteiger partial charge in [-0.05, 0) is 65.1 Å². The van der Waals surface area contributed by atoms with Gasteiger partial charge in [-0.2, -0.15) is 0 Å². The van der Waals surface area contributed by atoms with Crippen LogP contribution in [-0.2, 0) is 9.53 Å². The molecule has 2 heterocycles. The molecule has 0 bridgehead atoms. The molecule has 1 unspecified atom stereocenters. The van der Waals surface area contributed by atoms with Gasteiger partial charge in [-0.1, -0.05) is 13.3 Å². The number of methoxy groups -OCH3 is 1. The van der Waals surface area contributed by atoms with Crippen LogP contribution in [0.4, 0.5) is 0 Å². The summed E-state index contributed by atoms with van der Waals surface area (Å²) >= 11 is 0. The molecule has 134 valence electrons. The molecule has 2 aliphatic heterocycles. The Labute approximate surface area is 141 Å². The second-order valence-corrected chi connectivity index (χ2v) is 7.81. The Morgan fingerprint density at radius 2 is 2.09 bits per heavy atom. The van der Waals surface area contributed by atoms with Crippen LogP contribution in [0.3, 0.4) is 0 Å². The van der Waals surface area contributed by atoms with E-state index >= 15 is 0 Å². The van der Waals surface area contributed by atoms with Gasteiger partial charge in [0.1, 0.15) is 5.60 Å². The highest BCUT2D eigenvalue weighted by Crippen LogP contribution is 2.26. The number of nitrogens with zero attached hydrogens (tertiary/aromatic N) is 1. The van der Waals surface area contributed by atoms with Crippen LogP contribution in [0.2, 0.25) is 0 Å². The number of amides is 1. The summed E-state index contributed by atoms with van der Waals surface area (Å²) in [5.41, 5.74) is -0.652. The predicted molar refractivity (Wildman–Crippen MR) is 93.5 cm³/mol. The molecule has 23 heavy (non-hydrogen) atoms. The first-order valence-corrected chi connectivity index (χ1v) is 9.23. The van der Waals surface area contributed by atoms with Gasteiger partial charge < -0.3 is 15.4 Å². The zero-order chi connectivity index (χ0) is 16.9. The number of rotatable bonds is 6. The fourth-order valence-corrected chi connectivity index (χ4v) is 3.87. The molecule has 0 aliphatic carbocycles. The summed E-state index contributed by atoms with van der Waals surface area (Å²) in [6.45, 7) is 11.4. The third-order valence-electron chi connectivity index (χ3n) is 5.85. The van der Waals surface area contributed by atoms with Gasteiger partial charge in [0.05, 0.1) is 0 Å². The van der Waals surface area contributed by atoms with E-state index in [-0.39, 0.29) is 11.4 Å². The lowest BCUT2D eigenvalue weighted by atomic mass is 9.89. The highest BCUT2D eigenvalue weighted by molar-refractivity contribution is 5.85. The number of hydrogen-bond acceptors (Lipinski definition) is 4. The van der Waals surface area contributed by atoms with Gasteiger partial charge in [0.2, 0.25) is 0 Å². The third-order valence-corrected chi connectivity index (χ3v) is 5.85. The fraction of sp³-hybridized carbons (Fsp3) is 0.944. The van der Waals surface area contributed by atoms with E-state index in [9.17, 15) is 4.79 Å². The molecular formula is C18H35N3O2. The molecule has 5 nitrogen and oxygen atoms in total. The molecule has 0 aromatic heterocycles. The van der Waals surface area contributed by atoms with Crippen molar-refractivity contribution in [1.29, 1.82) is 0 Å². The van der Waals surface area contributed by atoms with Gasteiger partial charge in [-0.25, -0.2) is 0 Å². The summed E-state index contributed by atoms with van der Waals surface area (Å²) in [5.74, 6) is 0.854. The molecule has 0 aromatic rings. The highest BCUT2D eigenvalue weighted by Gasteiger charge is 2.40. The Balaban J connectivity index is 1.91. The average molecular weight is 325 g/mol. The Morgan fingerprint density at radius 1 is 1.39 bits per heavy atom. The molecular weight excluding hydrogens is 290 g/mol. The van der Waals surface area contributed by atoms with Gasteiger partial charge in [0, 0.05) is 25.7 Å². The number of nitrogens with one attached hydrogen (secondary N) is 2. The smallest absolute Gasteiger partial charge is 0.252 e. The number of carbonyl (C=O) groups excluding carboxylic acids is 1.